The molecule has 0 aromatic carbocycles. The van der Waals surface area contributed by atoms with Crippen LogP contribution in [0.5, 0.6) is 0 Å². The van der Waals surface area contributed by atoms with E-state index in [0.29, 0.717) is 6.04 Å². The first kappa shape index (κ1) is 13.4. The Hall–Kier alpha value is -0.610. The van der Waals surface area contributed by atoms with Crippen molar-refractivity contribution in [3.63, 3.8) is 0 Å². The van der Waals surface area contributed by atoms with Gasteiger partial charge in [0.05, 0.1) is 0 Å². The van der Waals surface area contributed by atoms with Gasteiger partial charge in [-0.2, -0.15) is 0 Å². The van der Waals surface area contributed by atoms with Gasteiger partial charge < -0.3 is 15.5 Å². The van der Waals surface area contributed by atoms with Gasteiger partial charge in [-0.3, -0.25) is 4.79 Å². The summed E-state index contributed by atoms with van der Waals surface area (Å²) in [5, 5.41) is 20.4. The number of hydrogen-bond donors (Lipinski definition) is 3. The number of unbranched alkanes of at least 4 members (excludes halogenated alkanes) is 1. The van der Waals surface area contributed by atoms with Crippen LogP contribution in [-0.4, -0.2) is 35.4 Å². The van der Waals surface area contributed by atoms with Crippen LogP contribution in [0.4, 0.5) is 0 Å². The number of rotatable bonds is 9. The van der Waals surface area contributed by atoms with Gasteiger partial charge in [0.25, 0.3) is 0 Å². The van der Waals surface area contributed by atoms with Gasteiger partial charge in [-0.25, -0.2) is 0 Å². The summed E-state index contributed by atoms with van der Waals surface area (Å²) < 4.78 is 0. The summed E-state index contributed by atoms with van der Waals surface area (Å²) in [7, 11) is 0. The Bertz CT molecular complexity index is 150. The summed E-state index contributed by atoms with van der Waals surface area (Å²) >= 11 is 0. The normalized spacial score (nSPS) is 12.7. The predicted molar refractivity (Wildman–Crippen MR) is 55.3 cm³/mol. The van der Waals surface area contributed by atoms with Crippen LogP contribution in [0.2, 0.25) is 0 Å². The van der Waals surface area contributed by atoms with E-state index in [1.165, 1.54) is 0 Å². The molecule has 0 aliphatic heterocycles. The maximum atomic E-state index is 10.2. The Morgan fingerprint density at radius 1 is 1.43 bits per heavy atom. The first-order chi connectivity index (χ1) is 6.70. The van der Waals surface area contributed by atoms with Crippen LogP contribution in [-0.2, 0) is 4.79 Å². The zero-order valence-electron chi connectivity index (χ0n) is 8.83. The second kappa shape index (κ2) is 8.97. The second-order valence-electron chi connectivity index (χ2n) is 3.42. The van der Waals surface area contributed by atoms with Crippen molar-refractivity contribution in [3.05, 3.63) is 0 Å². The lowest BCUT2D eigenvalue weighted by atomic mass is 10.1. The lowest BCUT2D eigenvalue weighted by Gasteiger charge is -2.15. The number of aliphatic hydroxyl groups is 1. The van der Waals surface area contributed by atoms with Crippen LogP contribution in [0.3, 0.4) is 0 Å². The topological polar surface area (TPSA) is 69.6 Å². The molecule has 0 spiro atoms. The Morgan fingerprint density at radius 3 is 2.64 bits per heavy atom. The van der Waals surface area contributed by atoms with Gasteiger partial charge in [0, 0.05) is 19.1 Å². The maximum absolute atomic E-state index is 10.2. The molecule has 1 unspecified atom stereocenters. The standard InChI is InChI=1S/C10H21NO3/c1-2-9(6-8-12)11-7-4-3-5-10(13)14/h9,11-12H,2-8H2,1H3,(H,13,14). The van der Waals surface area contributed by atoms with E-state index in [-0.39, 0.29) is 13.0 Å². The molecule has 14 heavy (non-hydrogen) atoms. The van der Waals surface area contributed by atoms with Crippen molar-refractivity contribution in [1.29, 1.82) is 0 Å². The molecule has 0 bridgehead atoms. The molecule has 0 fully saturated rings. The third-order valence-corrected chi connectivity index (χ3v) is 2.22. The fourth-order valence-electron chi connectivity index (χ4n) is 1.31. The van der Waals surface area contributed by atoms with E-state index in [1.807, 2.05) is 0 Å². The molecule has 1 atom stereocenters. The summed E-state index contributed by atoms with van der Waals surface area (Å²) in [6.07, 6.45) is 3.62. The van der Waals surface area contributed by atoms with E-state index >= 15 is 0 Å². The number of aliphatic carboxylic acids is 1. The molecule has 0 saturated carbocycles. The summed E-state index contributed by atoms with van der Waals surface area (Å²) in [4.78, 5) is 10.2. The lowest BCUT2D eigenvalue weighted by molar-refractivity contribution is -0.137. The Balaban J connectivity index is 3.28. The van der Waals surface area contributed by atoms with Crippen LogP contribution in [0, 0.1) is 0 Å². The molecule has 0 amide bonds. The highest BCUT2D eigenvalue weighted by Crippen LogP contribution is 1.98. The van der Waals surface area contributed by atoms with Crippen LogP contribution >= 0.6 is 0 Å². The molecule has 0 aliphatic rings. The van der Waals surface area contributed by atoms with Crippen LogP contribution in [0.1, 0.15) is 39.0 Å². The molecule has 0 aliphatic carbocycles. The van der Waals surface area contributed by atoms with Crippen molar-refractivity contribution in [3.8, 4) is 0 Å². The molecule has 4 nitrogen and oxygen atoms in total. The summed E-state index contributed by atoms with van der Waals surface area (Å²) in [6, 6.07) is 0.366. The number of carbonyl (C=O) groups is 1. The van der Waals surface area contributed by atoms with Gasteiger partial charge in [-0.05, 0) is 32.2 Å². The van der Waals surface area contributed by atoms with Crippen molar-refractivity contribution in [2.75, 3.05) is 13.2 Å². The quantitative estimate of drug-likeness (QED) is 0.489. The molecule has 84 valence electrons. The Kier molecular flexibility index (Phi) is 8.57. The van der Waals surface area contributed by atoms with E-state index in [9.17, 15) is 4.79 Å². The number of carboxylic acids is 1. The zero-order chi connectivity index (χ0) is 10.8. The van der Waals surface area contributed by atoms with Crippen molar-refractivity contribution in [2.24, 2.45) is 0 Å². The fourth-order valence-corrected chi connectivity index (χ4v) is 1.31. The molecule has 0 heterocycles. The van der Waals surface area contributed by atoms with E-state index in [4.69, 9.17) is 10.2 Å². The third-order valence-electron chi connectivity index (χ3n) is 2.22. The average Bonchev–Trinajstić information content (AvgIpc) is 2.15. The van der Waals surface area contributed by atoms with Crippen LogP contribution in [0.15, 0.2) is 0 Å². The monoisotopic (exact) mass is 203 g/mol. The Morgan fingerprint density at radius 2 is 2.14 bits per heavy atom. The van der Waals surface area contributed by atoms with Crippen molar-refractivity contribution in [1.82, 2.24) is 5.32 Å². The first-order valence-corrected chi connectivity index (χ1v) is 5.26. The minimum atomic E-state index is -0.729. The van der Waals surface area contributed by atoms with Gasteiger partial charge in [0.1, 0.15) is 0 Å². The minimum Gasteiger partial charge on any atom is -0.481 e. The van der Waals surface area contributed by atoms with Gasteiger partial charge in [-0.1, -0.05) is 6.92 Å². The number of carboxylic acid groups (broad SMARTS) is 1. The second-order valence-corrected chi connectivity index (χ2v) is 3.42. The molecule has 0 radical (unpaired) electrons. The van der Waals surface area contributed by atoms with E-state index in [2.05, 4.69) is 12.2 Å². The molecule has 4 heteroatoms. The van der Waals surface area contributed by atoms with Crippen LogP contribution in [0.25, 0.3) is 0 Å². The van der Waals surface area contributed by atoms with E-state index in [1.54, 1.807) is 0 Å². The Labute approximate surface area is 85.3 Å². The smallest absolute Gasteiger partial charge is 0.303 e. The predicted octanol–water partition coefficient (Wildman–Crippen LogP) is 0.992. The summed E-state index contributed by atoms with van der Waals surface area (Å²) in [5.74, 6) is -0.729. The SMILES string of the molecule is CCC(CCO)NCCCCC(=O)O. The average molecular weight is 203 g/mol. The fraction of sp³-hybridized carbons (Fsp3) is 0.900. The van der Waals surface area contributed by atoms with Gasteiger partial charge in [0.15, 0.2) is 0 Å². The molecular formula is C10H21NO3. The third kappa shape index (κ3) is 8.01. The number of aliphatic hydroxyl groups excluding tert-OH is 1. The first-order valence-electron chi connectivity index (χ1n) is 5.26. The summed E-state index contributed by atoms with van der Waals surface area (Å²) in [6.45, 7) is 3.12. The molecule has 0 rings (SSSR count). The van der Waals surface area contributed by atoms with Crippen LogP contribution < -0.4 is 5.32 Å². The van der Waals surface area contributed by atoms with Gasteiger partial charge in [-0.15, -0.1) is 0 Å². The largest absolute Gasteiger partial charge is 0.481 e. The molecule has 0 aromatic rings. The summed E-state index contributed by atoms with van der Waals surface area (Å²) in [5.41, 5.74) is 0. The number of hydrogen-bond acceptors (Lipinski definition) is 3. The highest BCUT2D eigenvalue weighted by molar-refractivity contribution is 5.66. The van der Waals surface area contributed by atoms with Gasteiger partial charge in [0.2, 0.25) is 0 Å². The van der Waals surface area contributed by atoms with Crippen molar-refractivity contribution >= 4 is 5.97 Å². The molecule has 0 aromatic heterocycles. The molecular weight excluding hydrogens is 182 g/mol. The van der Waals surface area contributed by atoms with Crippen molar-refractivity contribution < 1.29 is 15.0 Å². The van der Waals surface area contributed by atoms with E-state index in [0.717, 1.165) is 32.2 Å². The molecule has 0 saturated heterocycles. The lowest BCUT2D eigenvalue weighted by Crippen LogP contribution is -2.30. The zero-order valence-corrected chi connectivity index (χ0v) is 8.83. The molecule has 3 N–H and O–H groups in total. The maximum Gasteiger partial charge on any atom is 0.303 e. The van der Waals surface area contributed by atoms with E-state index < -0.39 is 5.97 Å². The highest BCUT2D eigenvalue weighted by Gasteiger charge is 2.03. The minimum absolute atomic E-state index is 0.209. The van der Waals surface area contributed by atoms with Crippen molar-refractivity contribution in [2.45, 2.75) is 45.1 Å². The highest BCUT2D eigenvalue weighted by atomic mass is 16.4. The van der Waals surface area contributed by atoms with Gasteiger partial charge >= 0.3 is 5.97 Å². The number of nitrogens with one attached hydrogen (secondary N) is 1.